The van der Waals surface area contributed by atoms with Crippen LogP contribution in [0.15, 0.2) is 6.07 Å². The Balaban J connectivity index is 1.90. The van der Waals surface area contributed by atoms with Gasteiger partial charge < -0.3 is 10.4 Å². The van der Waals surface area contributed by atoms with E-state index in [2.05, 4.69) is 26.1 Å². The first-order chi connectivity index (χ1) is 9.45. The average molecular weight is 295 g/mol. The van der Waals surface area contributed by atoms with Gasteiger partial charge >= 0.3 is 0 Å². The van der Waals surface area contributed by atoms with Crippen molar-refractivity contribution in [1.29, 1.82) is 0 Å². The molecule has 0 aliphatic heterocycles. The van der Waals surface area contributed by atoms with E-state index < -0.39 is 6.10 Å². The Morgan fingerprint density at radius 1 is 1.55 bits per heavy atom. The smallest absolute Gasteiger partial charge is 0.261 e. The van der Waals surface area contributed by atoms with Gasteiger partial charge in [-0.05, 0) is 49.1 Å². The molecule has 0 saturated heterocycles. The van der Waals surface area contributed by atoms with Gasteiger partial charge in [0.2, 0.25) is 0 Å². The van der Waals surface area contributed by atoms with Gasteiger partial charge in [-0.15, -0.1) is 11.3 Å². The molecule has 0 aromatic carbocycles. The van der Waals surface area contributed by atoms with Crippen LogP contribution < -0.4 is 5.32 Å². The maximum Gasteiger partial charge on any atom is 0.261 e. The standard InChI is InChI=1S/C16H25NO2S/c1-10(2)6-13(18)9-17-16(19)15-8-12-7-11(3)4-5-14(12)20-15/h8,10-11,13,18H,4-7,9H2,1-3H3,(H,17,19). The van der Waals surface area contributed by atoms with Crippen LogP contribution in [-0.2, 0) is 12.8 Å². The summed E-state index contributed by atoms with van der Waals surface area (Å²) in [5.74, 6) is 1.12. The average Bonchev–Trinajstić information content (AvgIpc) is 2.78. The van der Waals surface area contributed by atoms with Gasteiger partial charge in [0.05, 0.1) is 11.0 Å². The Kier molecular flexibility index (Phi) is 5.22. The molecule has 1 amide bonds. The monoisotopic (exact) mass is 295 g/mol. The first-order valence-corrected chi connectivity index (χ1v) is 8.35. The molecule has 1 aromatic heterocycles. The van der Waals surface area contributed by atoms with Gasteiger partial charge in [-0.1, -0.05) is 20.8 Å². The van der Waals surface area contributed by atoms with Crippen molar-refractivity contribution in [3.63, 3.8) is 0 Å². The molecule has 112 valence electrons. The topological polar surface area (TPSA) is 49.3 Å². The largest absolute Gasteiger partial charge is 0.391 e. The van der Waals surface area contributed by atoms with Crippen molar-refractivity contribution in [2.24, 2.45) is 11.8 Å². The number of carbonyl (C=O) groups is 1. The zero-order valence-electron chi connectivity index (χ0n) is 12.6. The highest BCUT2D eigenvalue weighted by atomic mass is 32.1. The third kappa shape index (κ3) is 4.06. The number of thiophene rings is 1. The van der Waals surface area contributed by atoms with E-state index in [1.165, 1.54) is 16.9 Å². The van der Waals surface area contributed by atoms with Crippen LogP contribution in [0.3, 0.4) is 0 Å². The number of aryl methyl sites for hydroxylation is 1. The van der Waals surface area contributed by atoms with E-state index in [1.54, 1.807) is 11.3 Å². The molecule has 1 aliphatic carbocycles. The minimum atomic E-state index is -0.450. The molecule has 20 heavy (non-hydrogen) atoms. The Morgan fingerprint density at radius 3 is 3.00 bits per heavy atom. The third-order valence-corrected chi connectivity index (χ3v) is 5.03. The van der Waals surface area contributed by atoms with Crippen molar-refractivity contribution in [3.05, 3.63) is 21.4 Å². The molecular weight excluding hydrogens is 270 g/mol. The van der Waals surface area contributed by atoms with Crippen molar-refractivity contribution < 1.29 is 9.90 Å². The maximum absolute atomic E-state index is 12.1. The van der Waals surface area contributed by atoms with Gasteiger partial charge in [-0.25, -0.2) is 0 Å². The number of aliphatic hydroxyl groups excluding tert-OH is 1. The predicted molar refractivity (Wildman–Crippen MR) is 83.3 cm³/mol. The Morgan fingerprint density at radius 2 is 2.30 bits per heavy atom. The van der Waals surface area contributed by atoms with Crippen LogP contribution in [0, 0.1) is 11.8 Å². The van der Waals surface area contributed by atoms with Crippen molar-refractivity contribution in [1.82, 2.24) is 5.32 Å². The lowest BCUT2D eigenvalue weighted by atomic mass is 9.90. The number of amides is 1. The van der Waals surface area contributed by atoms with E-state index in [0.717, 1.165) is 30.1 Å². The first-order valence-electron chi connectivity index (χ1n) is 7.53. The van der Waals surface area contributed by atoms with Crippen LogP contribution in [0.25, 0.3) is 0 Å². The summed E-state index contributed by atoms with van der Waals surface area (Å²) in [7, 11) is 0. The van der Waals surface area contributed by atoms with Gasteiger partial charge in [-0.2, -0.15) is 0 Å². The minimum absolute atomic E-state index is 0.0418. The van der Waals surface area contributed by atoms with Crippen LogP contribution in [0.5, 0.6) is 0 Å². The SMILES string of the molecule is CC(C)CC(O)CNC(=O)c1cc2c(s1)CCC(C)C2. The second-order valence-corrected chi connectivity index (χ2v) is 7.54. The lowest BCUT2D eigenvalue weighted by molar-refractivity contribution is 0.0904. The van der Waals surface area contributed by atoms with Crippen LogP contribution >= 0.6 is 11.3 Å². The molecule has 0 saturated carbocycles. The highest BCUT2D eigenvalue weighted by molar-refractivity contribution is 7.14. The lowest BCUT2D eigenvalue weighted by Crippen LogP contribution is -2.32. The van der Waals surface area contributed by atoms with Crippen LogP contribution in [0.4, 0.5) is 0 Å². The lowest BCUT2D eigenvalue weighted by Gasteiger charge is -2.16. The zero-order chi connectivity index (χ0) is 14.7. The van der Waals surface area contributed by atoms with E-state index in [0.29, 0.717) is 12.5 Å². The summed E-state index contributed by atoms with van der Waals surface area (Å²) in [6, 6.07) is 2.04. The summed E-state index contributed by atoms with van der Waals surface area (Å²) < 4.78 is 0. The molecule has 0 fully saturated rings. The molecule has 0 spiro atoms. The first kappa shape index (κ1) is 15.5. The second kappa shape index (κ2) is 6.72. The molecule has 3 nitrogen and oxygen atoms in total. The van der Waals surface area contributed by atoms with Gasteiger partial charge in [0.25, 0.3) is 5.91 Å². The molecule has 2 unspecified atom stereocenters. The molecule has 2 rings (SSSR count). The summed E-state index contributed by atoms with van der Waals surface area (Å²) in [5.41, 5.74) is 1.35. The van der Waals surface area contributed by atoms with Crippen molar-refractivity contribution in [2.45, 2.75) is 52.6 Å². The van der Waals surface area contributed by atoms with Crippen LogP contribution in [-0.4, -0.2) is 23.7 Å². The molecular formula is C16H25NO2S. The number of nitrogens with one attached hydrogen (secondary N) is 1. The highest BCUT2D eigenvalue weighted by Gasteiger charge is 2.20. The number of carbonyl (C=O) groups excluding carboxylic acids is 1. The number of rotatable bonds is 5. The molecule has 1 aliphatic rings. The fourth-order valence-corrected chi connectivity index (χ4v) is 3.87. The summed E-state index contributed by atoms with van der Waals surface area (Å²) in [6.07, 6.45) is 3.69. The molecule has 0 bridgehead atoms. The summed E-state index contributed by atoms with van der Waals surface area (Å²) in [5, 5.41) is 12.6. The number of hydrogen-bond donors (Lipinski definition) is 2. The van der Waals surface area contributed by atoms with Crippen LogP contribution in [0.1, 0.15) is 53.7 Å². The third-order valence-electron chi connectivity index (χ3n) is 3.79. The van der Waals surface area contributed by atoms with Crippen molar-refractivity contribution in [2.75, 3.05) is 6.54 Å². The van der Waals surface area contributed by atoms with E-state index in [1.807, 2.05) is 6.07 Å². The summed E-state index contributed by atoms with van der Waals surface area (Å²) >= 11 is 1.62. The number of aliphatic hydroxyl groups is 1. The molecule has 1 heterocycles. The Hall–Kier alpha value is -0.870. The van der Waals surface area contributed by atoms with E-state index >= 15 is 0 Å². The van der Waals surface area contributed by atoms with Crippen LogP contribution in [0.2, 0.25) is 0 Å². The zero-order valence-corrected chi connectivity index (χ0v) is 13.4. The maximum atomic E-state index is 12.1. The Labute approximate surface area is 125 Å². The Bertz CT molecular complexity index is 467. The molecule has 2 atom stereocenters. The molecule has 4 heteroatoms. The van der Waals surface area contributed by atoms with Gasteiger partial charge in [0.1, 0.15) is 0 Å². The summed E-state index contributed by atoms with van der Waals surface area (Å²) in [4.78, 5) is 14.3. The predicted octanol–water partition coefficient (Wildman–Crippen LogP) is 3.01. The summed E-state index contributed by atoms with van der Waals surface area (Å²) in [6.45, 7) is 6.75. The van der Waals surface area contributed by atoms with Crippen molar-refractivity contribution >= 4 is 17.2 Å². The van der Waals surface area contributed by atoms with E-state index in [9.17, 15) is 9.90 Å². The van der Waals surface area contributed by atoms with E-state index in [4.69, 9.17) is 0 Å². The highest BCUT2D eigenvalue weighted by Crippen LogP contribution is 2.32. The van der Waals surface area contributed by atoms with E-state index in [-0.39, 0.29) is 5.91 Å². The number of fused-ring (bicyclic) bond motifs is 1. The molecule has 1 aromatic rings. The number of hydrogen-bond acceptors (Lipinski definition) is 3. The van der Waals surface area contributed by atoms with Gasteiger partial charge in [-0.3, -0.25) is 4.79 Å². The second-order valence-electron chi connectivity index (χ2n) is 6.40. The quantitative estimate of drug-likeness (QED) is 0.877. The van der Waals surface area contributed by atoms with Gasteiger partial charge in [0.15, 0.2) is 0 Å². The normalized spacial score (nSPS) is 19.8. The van der Waals surface area contributed by atoms with Crippen molar-refractivity contribution in [3.8, 4) is 0 Å². The fourth-order valence-electron chi connectivity index (χ4n) is 2.74. The molecule has 0 radical (unpaired) electrons. The van der Waals surface area contributed by atoms with Gasteiger partial charge in [0, 0.05) is 11.4 Å². The molecule has 2 N–H and O–H groups in total. The minimum Gasteiger partial charge on any atom is -0.391 e. The fraction of sp³-hybridized carbons (Fsp3) is 0.688.